The van der Waals surface area contributed by atoms with E-state index in [9.17, 15) is 9.59 Å². The van der Waals surface area contributed by atoms with E-state index < -0.39 is 11.3 Å². The van der Waals surface area contributed by atoms with Gasteiger partial charge in [-0.2, -0.15) is 0 Å². The first-order chi connectivity index (χ1) is 17.5. The molecule has 0 unspecified atom stereocenters. The van der Waals surface area contributed by atoms with Gasteiger partial charge in [-0.15, -0.1) is 0 Å². The lowest BCUT2D eigenvalue weighted by Gasteiger charge is -2.23. The maximum absolute atomic E-state index is 12.9. The summed E-state index contributed by atoms with van der Waals surface area (Å²) in [6.45, 7) is 5.37. The van der Waals surface area contributed by atoms with Crippen LogP contribution in [0, 0.1) is 0 Å². The van der Waals surface area contributed by atoms with E-state index in [1.54, 1.807) is 32.4 Å². The van der Waals surface area contributed by atoms with Gasteiger partial charge in [0.1, 0.15) is 16.9 Å². The van der Waals surface area contributed by atoms with E-state index in [1.165, 1.54) is 6.07 Å². The Balaban J connectivity index is 1.90. The molecule has 2 aromatic carbocycles. The Bertz CT molecular complexity index is 1430. The quantitative estimate of drug-likeness (QED) is 0.267. The molecule has 0 spiro atoms. The summed E-state index contributed by atoms with van der Waals surface area (Å²) in [7, 11) is 3.31. The third kappa shape index (κ3) is 5.67. The summed E-state index contributed by atoms with van der Waals surface area (Å²) in [5.74, 6) is 0.634. The molecule has 0 saturated heterocycles. The van der Waals surface area contributed by atoms with Crippen molar-refractivity contribution in [2.45, 2.75) is 19.9 Å². The zero-order valence-electron chi connectivity index (χ0n) is 20.9. The molecule has 0 atom stereocenters. The number of methoxy groups -OCH3 is 2. The Morgan fingerprint density at radius 1 is 0.861 bits per heavy atom. The Hall–Kier alpha value is -3.46. The standard InChI is InChI=1S/C28H31NO7/c1-4-13-34-25-10-9-20-21(22-16-19-7-5-6-8-24(19)35-28(22)31)17-26(30)36-27(20)23(25)18-29(11-14-32-2)12-15-33-3/h5-10,16-17H,4,11-15,18H2,1-3H3. The molecule has 0 amide bonds. The SMILES string of the molecule is CCCOc1ccc2c(-c3cc4ccccc4oc3=O)cc(=O)oc2c1CN(CCOC)CCOC. The second-order valence-electron chi connectivity index (χ2n) is 8.49. The van der Waals surface area contributed by atoms with Crippen LogP contribution < -0.4 is 16.0 Å². The van der Waals surface area contributed by atoms with Crippen molar-refractivity contribution in [2.75, 3.05) is 47.1 Å². The van der Waals surface area contributed by atoms with Crippen LogP contribution in [0.4, 0.5) is 0 Å². The molecule has 0 N–H and O–H groups in total. The van der Waals surface area contributed by atoms with Crippen LogP contribution in [0.3, 0.4) is 0 Å². The fourth-order valence-electron chi connectivity index (χ4n) is 4.17. The van der Waals surface area contributed by atoms with Gasteiger partial charge in [0, 0.05) is 56.3 Å². The maximum Gasteiger partial charge on any atom is 0.344 e. The van der Waals surface area contributed by atoms with Crippen LogP contribution in [0.15, 0.2) is 67.0 Å². The maximum atomic E-state index is 12.9. The van der Waals surface area contributed by atoms with Crippen molar-refractivity contribution in [3.8, 4) is 16.9 Å². The van der Waals surface area contributed by atoms with Crippen molar-refractivity contribution >= 4 is 21.9 Å². The lowest BCUT2D eigenvalue weighted by molar-refractivity contribution is 0.109. The largest absolute Gasteiger partial charge is 0.493 e. The molecule has 4 rings (SSSR count). The second kappa shape index (κ2) is 12.0. The van der Waals surface area contributed by atoms with Crippen molar-refractivity contribution in [1.29, 1.82) is 0 Å². The highest BCUT2D eigenvalue weighted by Gasteiger charge is 2.20. The van der Waals surface area contributed by atoms with E-state index in [1.807, 2.05) is 31.2 Å². The number of rotatable bonds is 12. The smallest absolute Gasteiger partial charge is 0.344 e. The van der Waals surface area contributed by atoms with Gasteiger partial charge < -0.3 is 23.0 Å². The average Bonchev–Trinajstić information content (AvgIpc) is 2.88. The van der Waals surface area contributed by atoms with Gasteiger partial charge in [-0.3, -0.25) is 4.90 Å². The third-order valence-corrected chi connectivity index (χ3v) is 5.97. The topological polar surface area (TPSA) is 91.4 Å². The molecule has 0 aliphatic heterocycles. The highest BCUT2D eigenvalue weighted by atomic mass is 16.5. The molecular weight excluding hydrogens is 462 g/mol. The number of fused-ring (bicyclic) bond motifs is 2. The van der Waals surface area contributed by atoms with Gasteiger partial charge in [0.2, 0.25) is 0 Å². The number of ether oxygens (including phenoxy) is 3. The molecule has 36 heavy (non-hydrogen) atoms. The van der Waals surface area contributed by atoms with Crippen LogP contribution in [0.25, 0.3) is 33.1 Å². The molecule has 0 aliphatic rings. The summed E-state index contributed by atoms with van der Waals surface area (Å²) in [6, 6.07) is 14.1. The van der Waals surface area contributed by atoms with Crippen LogP contribution in [0.1, 0.15) is 18.9 Å². The second-order valence-corrected chi connectivity index (χ2v) is 8.49. The Kier molecular flexibility index (Phi) is 8.53. The first-order valence-corrected chi connectivity index (χ1v) is 12.0. The van der Waals surface area contributed by atoms with Gasteiger partial charge in [-0.05, 0) is 30.7 Å². The van der Waals surface area contributed by atoms with Crippen molar-refractivity contribution in [2.24, 2.45) is 0 Å². The highest BCUT2D eigenvalue weighted by Crippen LogP contribution is 2.34. The fourth-order valence-corrected chi connectivity index (χ4v) is 4.17. The molecule has 190 valence electrons. The normalized spacial score (nSPS) is 11.6. The first kappa shape index (κ1) is 25.6. The number of para-hydroxylation sites is 1. The van der Waals surface area contributed by atoms with Crippen LogP contribution in [-0.2, 0) is 16.0 Å². The van der Waals surface area contributed by atoms with E-state index in [4.69, 9.17) is 23.0 Å². The lowest BCUT2D eigenvalue weighted by atomic mass is 9.99. The van der Waals surface area contributed by atoms with E-state index in [-0.39, 0.29) is 0 Å². The summed E-state index contributed by atoms with van der Waals surface area (Å²) >= 11 is 0. The minimum Gasteiger partial charge on any atom is -0.493 e. The van der Waals surface area contributed by atoms with Crippen LogP contribution in [0.2, 0.25) is 0 Å². The predicted octanol–water partition coefficient (Wildman–Crippen LogP) is 4.45. The van der Waals surface area contributed by atoms with Crippen LogP contribution >= 0.6 is 0 Å². The summed E-state index contributed by atoms with van der Waals surface area (Å²) in [4.78, 5) is 27.9. The molecule has 0 fully saturated rings. The molecule has 0 saturated carbocycles. The zero-order valence-corrected chi connectivity index (χ0v) is 20.9. The van der Waals surface area contributed by atoms with Gasteiger partial charge in [-0.25, -0.2) is 9.59 Å². The highest BCUT2D eigenvalue weighted by molar-refractivity contribution is 5.97. The molecule has 0 radical (unpaired) electrons. The predicted molar refractivity (Wildman–Crippen MR) is 139 cm³/mol. The van der Waals surface area contributed by atoms with Crippen molar-refractivity contribution in [3.05, 3.63) is 74.9 Å². The summed E-state index contributed by atoms with van der Waals surface area (Å²) in [6.07, 6.45) is 0.830. The van der Waals surface area contributed by atoms with Crippen molar-refractivity contribution in [3.63, 3.8) is 0 Å². The monoisotopic (exact) mass is 493 g/mol. The Morgan fingerprint density at radius 3 is 2.33 bits per heavy atom. The lowest BCUT2D eigenvalue weighted by Crippen LogP contribution is -2.30. The molecule has 8 nitrogen and oxygen atoms in total. The van der Waals surface area contributed by atoms with E-state index in [2.05, 4.69) is 4.90 Å². The van der Waals surface area contributed by atoms with E-state index in [0.717, 1.165) is 17.4 Å². The van der Waals surface area contributed by atoms with Gasteiger partial charge in [0.05, 0.1) is 30.9 Å². The van der Waals surface area contributed by atoms with Gasteiger partial charge in [0.25, 0.3) is 0 Å². The summed E-state index contributed by atoms with van der Waals surface area (Å²) < 4.78 is 27.9. The van der Waals surface area contributed by atoms with Crippen molar-refractivity contribution in [1.82, 2.24) is 4.90 Å². The fraction of sp³-hybridized carbons (Fsp3) is 0.357. The Labute approximate surface area is 209 Å². The molecule has 0 bridgehead atoms. The number of hydrogen-bond acceptors (Lipinski definition) is 8. The zero-order chi connectivity index (χ0) is 25.5. The number of hydrogen-bond donors (Lipinski definition) is 0. The summed E-state index contributed by atoms with van der Waals surface area (Å²) in [5.41, 5.74) is 1.30. The molecule has 2 heterocycles. The van der Waals surface area contributed by atoms with Gasteiger partial charge >= 0.3 is 11.3 Å². The molecule has 4 aromatic rings. The van der Waals surface area contributed by atoms with E-state index in [0.29, 0.717) is 72.9 Å². The minimum absolute atomic E-state index is 0.301. The van der Waals surface area contributed by atoms with Gasteiger partial charge in [-0.1, -0.05) is 25.1 Å². The number of benzene rings is 2. The average molecular weight is 494 g/mol. The van der Waals surface area contributed by atoms with Crippen molar-refractivity contribution < 1.29 is 23.0 Å². The molecule has 2 aromatic heterocycles. The molecule has 8 heteroatoms. The van der Waals surface area contributed by atoms with Crippen LogP contribution in [0.5, 0.6) is 5.75 Å². The van der Waals surface area contributed by atoms with E-state index >= 15 is 0 Å². The van der Waals surface area contributed by atoms with Gasteiger partial charge in [0.15, 0.2) is 0 Å². The number of nitrogens with zero attached hydrogens (tertiary/aromatic N) is 1. The first-order valence-electron chi connectivity index (χ1n) is 12.0. The molecule has 0 aliphatic carbocycles. The third-order valence-electron chi connectivity index (χ3n) is 5.97. The van der Waals surface area contributed by atoms with Crippen LogP contribution in [-0.4, -0.2) is 52.0 Å². The Morgan fingerprint density at radius 2 is 1.61 bits per heavy atom. The summed E-state index contributed by atoms with van der Waals surface area (Å²) in [5, 5.41) is 1.40. The molecular formula is C28H31NO7. The minimum atomic E-state index is -0.556.